The fraction of sp³-hybridized carbons (Fsp3) is 0.625. The first-order chi connectivity index (χ1) is 10.5. The van der Waals surface area contributed by atoms with E-state index < -0.39 is 4.92 Å². The van der Waals surface area contributed by atoms with Gasteiger partial charge in [0.15, 0.2) is 5.75 Å². The number of ether oxygens (including phenoxy) is 2. The van der Waals surface area contributed by atoms with E-state index in [9.17, 15) is 10.1 Å². The van der Waals surface area contributed by atoms with E-state index in [1.165, 1.54) is 13.2 Å². The summed E-state index contributed by atoms with van der Waals surface area (Å²) in [4.78, 5) is 10.9. The van der Waals surface area contributed by atoms with Crippen molar-refractivity contribution < 1.29 is 14.4 Å². The number of benzene rings is 1. The molecule has 0 aromatic heterocycles. The van der Waals surface area contributed by atoms with Crippen LogP contribution in [0.1, 0.15) is 46.5 Å². The molecule has 1 aromatic carbocycles. The SMILES string of the molecule is CCCCCCOc1c(OC)cc(NC(C)C)cc1[N+](=O)[O-]. The molecule has 0 spiro atoms. The minimum Gasteiger partial charge on any atom is -0.493 e. The first-order valence-corrected chi connectivity index (χ1v) is 7.75. The highest BCUT2D eigenvalue weighted by atomic mass is 16.6. The number of methoxy groups -OCH3 is 1. The van der Waals surface area contributed by atoms with Crippen LogP contribution in [0.25, 0.3) is 0 Å². The van der Waals surface area contributed by atoms with Gasteiger partial charge >= 0.3 is 5.69 Å². The molecule has 0 bridgehead atoms. The number of unbranched alkanes of at least 4 members (excludes halogenated alkanes) is 3. The number of nitro benzene ring substituents is 1. The van der Waals surface area contributed by atoms with Gasteiger partial charge in [-0.3, -0.25) is 10.1 Å². The van der Waals surface area contributed by atoms with Crippen LogP contribution in [0, 0.1) is 10.1 Å². The highest BCUT2D eigenvalue weighted by Crippen LogP contribution is 2.40. The average molecular weight is 310 g/mol. The molecule has 6 heteroatoms. The van der Waals surface area contributed by atoms with E-state index in [1.807, 2.05) is 13.8 Å². The standard InChI is InChI=1S/C16H26N2O4/c1-5-6-7-8-9-22-16-14(18(19)20)10-13(17-12(2)3)11-15(16)21-4/h10-12,17H,5-9H2,1-4H3. The zero-order valence-corrected chi connectivity index (χ0v) is 13.8. The predicted octanol–water partition coefficient (Wildman–Crippen LogP) is 4.38. The van der Waals surface area contributed by atoms with Crippen molar-refractivity contribution in [2.24, 2.45) is 0 Å². The third-order valence-corrected chi connectivity index (χ3v) is 3.15. The summed E-state index contributed by atoms with van der Waals surface area (Å²) in [7, 11) is 1.49. The first-order valence-electron chi connectivity index (χ1n) is 7.75. The van der Waals surface area contributed by atoms with E-state index in [0.29, 0.717) is 18.0 Å². The number of nitro groups is 1. The zero-order valence-electron chi connectivity index (χ0n) is 13.8. The molecule has 0 radical (unpaired) electrons. The molecule has 0 aliphatic heterocycles. The van der Waals surface area contributed by atoms with Gasteiger partial charge in [-0.1, -0.05) is 26.2 Å². The Balaban J connectivity index is 2.94. The van der Waals surface area contributed by atoms with E-state index in [-0.39, 0.29) is 17.5 Å². The van der Waals surface area contributed by atoms with E-state index in [0.717, 1.165) is 25.7 Å². The molecule has 0 atom stereocenters. The molecule has 0 fully saturated rings. The van der Waals surface area contributed by atoms with Crippen LogP contribution in [0.4, 0.5) is 11.4 Å². The maximum absolute atomic E-state index is 11.3. The topological polar surface area (TPSA) is 73.6 Å². The van der Waals surface area contributed by atoms with Crippen molar-refractivity contribution in [2.45, 2.75) is 52.5 Å². The Labute approximate surface area is 132 Å². The molecule has 0 aliphatic rings. The molecule has 22 heavy (non-hydrogen) atoms. The monoisotopic (exact) mass is 310 g/mol. The number of nitrogens with zero attached hydrogens (tertiary/aromatic N) is 1. The summed E-state index contributed by atoms with van der Waals surface area (Å²) in [5, 5.41) is 14.5. The first kappa shape index (κ1) is 18.1. The highest BCUT2D eigenvalue weighted by molar-refractivity contribution is 5.66. The summed E-state index contributed by atoms with van der Waals surface area (Å²) in [6.07, 6.45) is 4.21. The fourth-order valence-electron chi connectivity index (χ4n) is 2.14. The van der Waals surface area contributed by atoms with Crippen molar-refractivity contribution in [1.82, 2.24) is 0 Å². The molecule has 0 amide bonds. The quantitative estimate of drug-likeness (QED) is 0.394. The molecule has 0 unspecified atom stereocenters. The summed E-state index contributed by atoms with van der Waals surface area (Å²) in [6.45, 7) is 6.52. The average Bonchev–Trinajstić information content (AvgIpc) is 2.46. The summed E-state index contributed by atoms with van der Waals surface area (Å²) in [5.74, 6) is 0.589. The Kier molecular flexibility index (Phi) is 7.49. The molecular formula is C16H26N2O4. The summed E-state index contributed by atoms with van der Waals surface area (Å²) >= 11 is 0. The van der Waals surface area contributed by atoms with Gasteiger partial charge in [-0.05, 0) is 20.3 Å². The molecule has 0 saturated carbocycles. The van der Waals surface area contributed by atoms with Crippen molar-refractivity contribution in [3.05, 3.63) is 22.2 Å². The van der Waals surface area contributed by atoms with Gasteiger partial charge in [-0.2, -0.15) is 0 Å². The Bertz CT molecular complexity index is 489. The van der Waals surface area contributed by atoms with Crippen LogP contribution in [0.3, 0.4) is 0 Å². The predicted molar refractivity (Wildman–Crippen MR) is 88.0 cm³/mol. The largest absolute Gasteiger partial charge is 0.493 e. The molecule has 0 heterocycles. The van der Waals surface area contributed by atoms with Gasteiger partial charge in [0.25, 0.3) is 0 Å². The number of rotatable bonds is 10. The van der Waals surface area contributed by atoms with Crippen molar-refractivity contribution in [3.63, 3.8) is 0 Å². The van der Waals surface area contributed by atoms with Crippen molar-refractivity contribution >= 4 is 11.4 Å². The maximum atomic E-state index is 11.3. The van der Waals surface area contributed by atoms with Crippen LogP contribution >= 0.6 is 0 Å². The molecule has 0 aliphatic carbocycles. The van der Waals surface area contributed by atoms with Crippen molar-refractivity contribution in [2.75, 3.05) is 19.0 Å². The van der Waals surface area contributed by atoms with Gasteiger partial charge in [0, 0.05) is 23.9 Å². The lowest BCUT2D eigenvalue weighted by atomic mass is 10.2. The normalized spacial score (nSPS) is 10.6. The van der Waals surface area contributed by atoms with Crippen LogP contribution < -0.4 is 14.8 Å². The summed E-state index contributed by atoms with van der Waals surface area (Å²) in [6, 6.07) is 3.39. The van der Waals surface area contributed by atoms with E-state index >= 15 is 0 Å². The number of anilines is 1. The van der Waals surface area contributed by atoms with Gasteiger partial charge in [0.2, 0.25) is 5.75 Å². The third kappa shape index (κ3) is 5.42. The molecule has 1 N–H and O–H groups in total. The smallest absolute Gasteiger partial charge is 0.316 e. The van der Waals surface area contributed by atoms with Crippen LogP contribution in [0.2, 0.25) is 0 Å². The van der Waals surface area contributed by atoms with Gasteiger partial charge in [-0.15, -0.1) is 0 Å². The van der Waals surface area contributed by atoms with E-state index in [2.05, 4.69) is 12.2 Å². The van der Waals surface area contributed by atoms with Crippen LogP contribution in [0.15, 0.2) is 12.1 Å². The lowest BCUT2D eigenvalue weighted by Crippen LogP contribution is -2.11. The Hall–Kier alpha value is -1.98. The molecule has 124 valence electrons. The number of nitrogens with one attached hydrogen (secondary N) is 1. The molecule has 0 saturated heterocycles. The number of hydrogen-bond donors (Lipinski definition) is 1. The second kappa shape index (κ2) is 9.12. The summed E-state index contributed by atoms with van der Waals surface area (Å²) < 4.78 is 10.9. The molecule has 1 rings (SSSR count). The second-order valence-corrected chi connectivity index (χ2v) is 5.49. The number of hydrogen-bond acceptors (Lipinski definition) is 5. The zero-order chi connectivity index (χ0) is 16.5. The van der Waals surface area contributed by atoms with Crippen LogP contribution in [0.5, 0.6) is 11.5 Å². The Morgan fingerprint density at radius 3 is 2.55 bits per heavy atom. The minimum absolute atomic E-state index is 0.0713. The van der Waals surface area contributed by atoms with Crippen LogP contribution in [-0.2, 0) is 0 Å². The van der Waals surface area contributed by atoms with Gasteiger partial charge in [-0.25, -0.2) is 0 Å². The van der Waals surface area contributed by atoms with Gasteiger partial charge in [0.05, 0.1) is 18.6 Å². The molecule has 1 aromatic rings. The van der Waals surface area contributed by atoms with E-state index in [4.69, 9.17) is 9.47 Å². The minimum atomic E-state index is -0.435. The lowest BCUT2D eigenvalue weighted by Gasteiger charge is -2.15. The summed E-state index contributed by atoms with van der Waals surface area (Å²) in [5.41, 5.74) is 0.579. The fourth-order valence-corrected chi connectivity index (χ4v) is 2.14. The molecular weight excluding hydrogens is 284 g/mol. The van der Waals surface area contributed by atoms with E-state index in [1.54, 1.807) is 6.07 Å². The van der Waals surface area contributed by atoms with Crippen molar-refractivity contribution in [3.8, 4) is 11.5 Å². The van der Waals surface area contributed by atoms with Crippen molar-refractivity contribution in [1.29, 1.82) is 0 Å². The van der Waals surface area contributed by atoms with Gasteiger partial charge < -0.3 is 14.8 Å². The highest BCUT2D eigenvalue weighted by Gasteiger charge is 2.22. The second-order valence-electron chi connectivity index (χ2n) is 5.49. The molecule has 6 nitrogen and oxygen atoms in total. The Morgan fingerprint density at radius 2 is 2.00 bits per heavy atom. The lowest BCUT2D eigenvalue weighted by molar-refractivity contribution is -0.385. The third-order valence-electron chi connectivity index (χ3n) is 3.15. The van der Waals surface area contributed by atoms with Crippen LogP contribution in [-0.4, -0.2) is 24.7 Å². The maximum Gasteiger partial charge on any atom is 0.316 e. The van der Waals surface area contributed by atoms with Gasteiger partial charge in [0.1, 0.15) is 0 Å². The Morgan fingerprint density at radius 1 is 1.27 bits per heavy atom.